The van der Waals surface area contributed by atoms with Gasteiger partial charge in [0.25, 0.3) is 0 Å². The van der Waals surface area contributed by atoms with E-state index in [-0.39, 0.29) is 54.9 Å². The molecule has 0 radical (unpaired) electrons. The summed E-state index contributed by atoms with van der Waals surface area (Å²) >= 11 is 0. The number of hydrogen-bond acceptors (Lipinski definition) is 12. The van der Waals surface area contributed by atoms with Crippen molar-refractivity contribution in [3.8, 4) is 5.75 Å². The predicted octanol–water partition coefficient (Wildman–Crippen LogP) is 0.434. The van der Waals surface area contributed by atoms with Crippen LogP contribution in [0.5, 0.6) is 5.75 Å². The Morgan fingerprint density at radius 1 is 0.836 bits per heavy atom. The van der Waals surface area contributed by atoms with E-state index in [2.05, 4.69) is 31.9 Å². The third-order valence-electron chi connectivity index (χ3n) is 10.5. The predicted molar refractivity (Wildman–Crippen MR) is 232 cm³/mol. The highest BCUT2D eigenvalue weighted by Crippen LogP contribution is 2.26. The summed E-state index contributed by atoms with van der Waals surface area (Å²) in [6.07, 6.45) is 0.523. The van der Waals surface area contributed by atoms with Crippen molar-refractivity contribution in [1.82, 2.24) is 31.5 Å². The number of primary amides is 2. The summed E-state index contributed by atoms with van der Waals surface area (Å²) in [5, 5.41) is 26.5. The number of carbonyl (C=O) groups excluding carboxylic acids is 8. The number of nitrogens with one attached hydrogen (secondary N) is 6. The molecule has 7 atom stereocenters. The zero-order valence-electron chi connectivity index (χ0n) is 34.4. The van der Waals surface area contributed by atoms with Gasteiger partial charge in [0.2, 0.25) is 47.3 Å². The van der Waals surface area contributed by atoms with Gasteiger partial charge in [-0.3, -0.25) is 38.4 Å². The SMILES string of the molecule is CC[C@H](C)[C@@H]1NC(=O)[C@H](Cc2ccc(O)cc2)NC(=O)CCSSC[C@@H](C(=O)N2CCC[C@H]2CNc2ccccc2)NC(=O)[C@H](CC(N)=O)NC(=O)[C@H](CCC(N)=O)NC1=O. The fraction of sp³-hybridized carbons (Fsp3) is 0.512. The van der Waals surface area contributed by atoms with E-state index in [1.807, 2.05) is 30.3 Å². The normalized spacial score (nSPS) is 24.2. The van der Waals surface area contributed by atoms with Crippen LogP contribution in [0.3, 0.4) is 0 Å². The van der Waals surface area contributed by atoms with Gasteiger partial charge >= 0.3 is 0 Å². The third-order valence-corrected chi connectivity index (χ3v) is 12.9. The number of carbonyl (C=O) groups is 8. The second-order valence-corrected chi connectivity index (χ2v) is 17.8. The number of amides is 8. The number of nitrogens with zero attached hydrogens (tertiary/aromatic N) is 1. The van der Waals surface area contributed by atoms with Crippen molar-refractivity contribution < 1.29 is 43.5 Å². The van der Waals surface area contributed by atoms with Gasteiger partial charge in [-0.05, 0) is 55.0 Å². The lowest BCUT2D eigenvalue weighted by molar-refractivity contribution is -0.138. The largest absolute Gasteiger partial charge is 0.508 e. The Balaban J connectivity index is 1.65. The third kappa shape index (κ3) is 15.5. The molecule has 0 unspecified atom stereocenters. The molecule has 0 aromatic heterocycles. The van der Waals surface area contributed by atoms with E-state index in [0.717, 1.165) is 12.1 Å². The van der Waals surface area contributed by atoms with Crippen molar-refractivity contribution in [2.24, 2.45) is 17.4 Å². The summed E-state index contributed by atoms with van der Waals surface area (Å²) < 4.78 is 0. The Morgan fingerprint density at radius 3 is 2.18 bits per heavy atom. The maximum atomic E-state index is 14.3. The minimum Gasteiger partial charge on any atom is -0.508 e. The van der Waals surface area contributed by atoms with Crippen LogP contribution in [-0.4, -0.2) is 118 Å². The van der Waals surface area contributed by atoms with Crippen molar-refractivity contribution >= 4 is 74.5 Å². The summed E-state index contributed by atoms with van der Waals surface area (Å²) in [6, 6.07) is 8.84. The molecule has 2 saturated heterocycles. The van der Waals surface area contributed by atoms with E-state index >= 15 is 0 Å². The molecule has 0 aliphatic carbocycles. The maximum Gasteiger partial charge on any atom is 0.246 e. The number of anilines is 1. The van der Waals surface area contributed by atoms with Crippen molar-refractivity contribution in [2.45, 2.75) is 101 Å². The van der Waals surface area contributed by atoms with Crippen LogP contribution in [0.2, 0.25) is 0 Å². The Hall–Kier alpha value is -5.50. The summed E-state index contributed by atoms with van der Waals surface area (Å²) in [5.74, 6) is -6.05. The number of phenolic OH excluding ortho intramolecular Hbond substituents is 1. The molecule has 61 heavy (non-hydrogen) atoms. The Labute approximate surface area is 363 Å². The molecule has 2 heterocycles. The molecular formula is C41H57N9O9S2. The quantitative estimate of drug-likeness (QED) is 0.124. The molecule has 4 rings (SSSR count). The van der Waals surface area contributed by atoms with E-state index in [0.29, 0.717) is 31.5 Å². The Bertz CT molecular complexity index is 1860. The van der Waals surface area contributed by atoms with Crippen LogP contribution in [0.15, 0.2) is 54.6 Å². The molecule has 0 bridgehead atoms. The number of aromatic hydroxyl groups is 1. The van der Waals surface area contributed by atoms with E-state index in [1.54, 1.807) is 30.9 Å². The minimum absolute atomic E-state index is 0.0103. The molecule has 0 saturated carbocycles. The molecule has 8 amide bonds. The van der Waals surface area contributed by atoms with E-state index in [9.17, 15) is 43.5 Å². The van der Waals surface area contributed by atoms with Gasteiger partial charge in [0.15, 0.2) is 0 Å². The van der Waals surface area contributed by atoms with Gasteiger partial charge < -0.3 is 53.4 Å². The molecule has 2 aliphatic heterocycles. The second-order valence-electron chi connectivity index (χ2n) is 15.2. The van der Waals surface area contributed by atoms with Crippen molar-refractivity contribution in [3.63, 3.8) is 0 Å². The fourth-order valence-corrected chi connectivity index (χ4v) is 9.03. The van der Waals surface area contributed by atoms with E-state index < -0.39 is 83.9 Å². The molecule has 332 valence electrons. The number of hydrogen-bond donors (Lipinski definition) is 9. The van der Waals surface area contributed by atoms with Crippen molar-refractivity contribution in [1.29, 1.82) is 0 Å². The lowest BCUT2D eigenvalue weighted by atomic mass is 9.96. The molecule has 2 aliphatic rings. The Morgan fingerprint density at radius 2 is 1.51 bits per heavy atom. The number of benzene rings is 2. The van der Waals surface area contributed by atoms with Crippen molar-refractivity contribution in [2.75, 3.05) is 29.9 Å². The highest BCUT2D eigenvalue weighted by atomic mass is 33.1. The van der Waals surface area contributed by atoms with Crippen LogP contribution in [0.4, 0.5) is 5.69 Å². The molecule has 2 aromatic rings. The Kier molecular flexibility index (Phi) is 19.0. The van der Waals surface area contributed by atoms with Crippen LogP contribution >= 0.6 is 21.6 Å². The lowest BCUT2D eigenvalue weighted by Crippen LogP contribution is -2.61. The van der Waals surface area contributed by atoms with Gasteiger partial charge in [-0.15, -0.1) is 0 Å². The topological polar surface area (TPSA) is 284 Å². The van der Waals surface area contributed by atoms with Crippen LogP contribution in [0.25, 0.3) is 0 Å². The maximum absolute atomic E-state index is 14.3. The van der Waals surface area contributed by atoms with Crippen LogP contribution in [-0.2, 0) is 44.8 Å². The highest BCUT2D eigenvalue weighted by Gasteiger charge is 2.37. The van der Waals surface area contributed by atoms with Gasteiger partial charge in [0, 0.05) is 55.6 Å². The van der Waals surface area contributed by atoms with Crippen molar-refractivity contribution in [3.05, 3.63) is 60.2 Å². The first-order chi connectivity index (χ1) is 29.1. The average Bonchev–Trinajstić information content (AvgIpc) is 3.71. The smallest absolute Gasteiger partial charge is 0.246 e. The summed E-state index contributed by atoms with van der Waals surface area (Å²) in [7, 11) is 2.51. The van der Waals surface area contributed by atoms with Crippen LogP contribution in [0, 0.1) is 5.92 Å². The van der Waals surface area contributed by atoms with Gasteiger partial charge in [-0.25, -0.2) is 0 Å². The van der Waals surface area contributed by atoms with Gasteiger partial charge in [0.1, 0.15) is 36.0 Å². The number of nitrogens with two attached hydrogens (primary N) is 2. The number of likely N-dealkylation sites (tertiary alicyclic amines) is 1. The van der Waals surface area contributed by atoms with E-state index in [1.165, 1.54) is 33.7 Å². The molecule has 2 aromatic carbocycles. The molecular weight excluding hydrogens is 827 g/mol. The molecule has 11 N–H and O–H groups in total. The lowest BCUT2D eigenvalue weighted by Gasteiger charge is -2.31. The number of para-hydroxylation sites is 1. The first-order valence-corrected chi connectivity index (χ1v) is 22.8. The summed E-state index contributed by atoms with van der Waals surface area (Å²) in [5.41, 5.74) is 12.4. The number of phenols is 1. The van der Waals surface area contributed by atoms with E-state index in [4.69, 9.17) is 11.5 Å². The minimum atomic E-state index is -1.58. The fourth-order valence-electron chi connectivity index (χ4n) is 6.89. The second kappa shape index (κ2) is 24.1. The van der Waals surface area contributed by atoms with Crippen LogP contribution in [0.1, 0.15) is 64.4 Å². The molecule has 20 heteroatoms. The number of rotatable bonds is 13. The first kappa shape index (κ1) is 48.2. The first-order valence-electron chi connectivity index (χ1n) is 20.3. The van der Waals surface area contributed by atoms with Gasteiger partial charge in [-0.1, -0.05) is 72.2 Å². The zero-order chi connectivity index (χ0) is 44.5. The monoisotopic (exact) mass is 883 g/mol. The molecule has 18 nitrogen and oxygen atoms in total. The highest BCUT2D eigenvalue weighted by molar-refractivity contribution is 8.76. The van der Waals surface area contributed by atoms with Crippen LogP contribution < -0.4 is 43.4 Å². The summed E-state index contributed by atoms with van der Waals surface area (Å²) in [4.78, 5) is 109. The molecule has 0 spiro atoms. The molecule has 2 fully saturated rings. The van der Waals surface area contributed by atoms with Gasteiger partial charge in [-0.2, -0.15) is 0 Å². The van der Waals surface area contributed by atoms with Gasteiger partial charge in [0.05, 0.1) is 6.42 Å². The zero-order valence-corrected chi connectivity index (χ0v) is 36.0. The summed E-state index contributed by atoms with van der Waals surface area (Å²) in [6.45, 7) is 4.39. The standard InChI is InChI=1S/C41H57N9O9S2/c1-3-24(2)36-40(58)46-29(15-16-33(42)52)37(55)47-31(21-34(43)53)38(56)48-32(41(59)50-18-7-10-27(50)22-44-26-8-5-4-6-9-26)23-61-60-19-17-35(54)45-30(39(57)49-36)20-25-11-13-28(51)14-12-25/h4-6,8-9,11-14,24,27,29-32,36,44,51H,3,7,10,15-23H2,1-2H3,(H2,42,52)(H2,43,53)(H,45,54)(H,46,58)(H,47,55)(H,48,56)(H,49,57)/t24-,27-,29-,30-,31-,32-,36-/m0/s1. The average molecular weight is 884 g/mol.